The zero-order chi connectivity index (χ0) is 14.4. The molecule has 0 aliphatic rings. The Morgan fingerprint density at radius 3 is 2.60 bits per heavy atom. The molecule has 0 bridgehead atoms. The number of hydrogen-bond donors (Lipinski definition) is 1. The van der Waals surface area contributed by atoms with Gasteiger partial charge in [0.2, 0.25) is 5.76 Å². The molecule has 0 saturated heterocycles. The molecule has 4 heteroatoms. The van der Waals surface area contributed by atoms with E-state index in [0.717, 1.165) is 18.7 Å². The van der Waals surface area contributed by atoms with Crippen molar-refractivity contribution in [3.63, 3.8) is 0 Å². The van der Waals surface area contributed by atoms with Crippen LogP contribution in [-0.4, -0.2) is 13.1 Å². The summed E-state index contributed by atoms with van der Waals surface area (Å²) in [5.74, 6) is 0.505. The smallest absolute Gasteiger partial charge is 0.373 e. The molecule has 0 amide bonds. The first-order valence-electron chi connectivity index (χ1n) is 6.69. The van der Waals surface area contributed by atoms with Crippen molar-refractivity contribution in [1.29, 1.82) is 0 Å². The van der Waals surface area contributed by atoms with Gasteiger partial charge in [-0.25, -0.2) is 4.79 Å². The maximum atomic E-state index is 11.3. The lowest BCUT2D eigenvalue weighted by molar-refractivity contribution is 0.0563. The Labute approximate surface area is 118 Å². The van der Waals surface area contributed by atoms with Crippen molar-refractivity contribution in [1.82, 2.24) is 5.32 Å². The van der Waals surface area contributed by atoms with Gasteiger partial charge in [-0.3, -0.25) is 0 Å². The molecule has 20 heavy (non-hydrogen) atoms. The Kier molecular flexibility index (Phi) is 4.96. The zero-order valence-corrected chi connectivity index (χ0v) is 11.8. The second-order valence-corrected chi connectivity index (χ2v) is 4.48. The highest BCUT2D eigenvalue weighted by Gasteiger charge is 2.10. The summed E-state index contributed by atoms with van der Waals surface area (Å²) in [4.78, 5) is 11.3. The number of carbonyl (C=O) groups excluding carboxylic acids is 1. The standard InChI is InChI=1S/C16H19NO3/c1-3-12-6-4-5-7-13(12)10-17-11-14-8-9-15(20-14)16(18)19-2/h4-9,17H,3,10-11H2,1-2H3. The SMILES string of the molecule is CCc1ccccc1CNCc1ccc(C(=O)OC)o1. The first-order valence-corrected chi connectivity index (χ1v) is 6.69. The van der Waals surface area contributed by atoms with E-state index in [-0.39, 0.29) is 5.76 Å². The number of carbonyl (C=O) groups is 1. The van der Waals surface area contributed by atoms with Crippen molar-refractivity contribution in [3.8, 4) is 0 Å². The van der Waals surface area contributed by atoms with E-state index in [1.54, 1.807) is 12.1 Å². The molecule has 0 radical (unpaired) electrons. The topological polar surface area (TPSA) is 51.5 Å². The number of aryl methyl sites for hydroxylation is 1. The Balaban J connectivity index is 1.89. The van der Waals surface area contributed by atoms with E-state index in [2.05, 4.69) is 35.2 Å². The van der Waals surface area contributed by atoms with E-state index in [1.807, 2.05) is 6.07 Å². The summed E-state index contributed by atoms with van der Waals surface area (Å²) in [7, 11) is 1.34. The Bertz CT molecular complexity index is 575. The van der Waals surface area contributed by atoms with E-state index >= 15 is 0 Å². The molecule has 1 aromatic carbocycles. The van der Waals surface area contributed by atoms with Gasteiger partial charge in [0.15, 0.2) is 0 Å². The Morgan fingerprint density at radius 1 is 1.15 bits per heavy atom. The van der Waals surface area contributed by atoms with Gasteiger partial charge < -0.3 is 14.5 Å². The van der Waals surface area contributed by atoms with Crippen LogP contribution in [0.25, 0.3) is 0 Å². The van der Waals surface area contributed by atoms with Gasteiger partial charge in [-0.15, -0.1) is 0 Å². The Hall–Kier alpha value is -2.07. The number of nitrogens with one attached hydrogen (secondary N) is 1. The molecule has 2 rings (SSSR count). The van der Waals surface area contributed by atoms with Gasteiger partial charge in [-0.05, 0) is 29.7 Å². The fraction of sp³-hybridized carbons (Fsp3) is 0.312. The quantitative estimate of drug-likeness (QED) is 0.822. The van der Waals surface area contributed by atoms with Gasteiger partial charge in [-0.1, -0.05) is 31.2 Å². The number of rotatable bonds is 6. The van der Waals surface area contributed by atoms with Crippen molar-refractivity contribution in [2.45, 2.75) is 26.4 Å². The van der Waals surface area contributed by atoms with Crippen molar-refractivity contribution < 1.29 is 13.9 Å². The second-order valence-electron chi connectivity index (χ2n) is 4.48. The molecule has 1 heterocycles. The third-order valence-electron chi connectivity index (χ3n) is 3.16. The normalized spacial score (nSPS) is 10.5. The van der Waals surface area contributed by atoms with Crippen LogP contribution in [0.3, 0.4) is 0 Å². The lowest BCUT2D eigenvalue weighted by Crippen LogP contribution is -2.13. The molecular weight excluding hydrogens is 254 g/mol. The summed E-state index contributed by atoms with van der Waals surface area (Å²) in [6, 6.07) is 11.8. The van der Waals surface area contributed by atoms with Crippen LogP contribution in [0.5, 0.6) is 0 Å². The maximum absolute atomic E-state index is 11.3. The minimum absolute atomic E-state index is 0.234. The van der Waals surface area contributed by atoms with Crippen LogP contribution < -0.4 is 5.32 Å². The van der Waals surface area contributed by atoms with Gasteiger partial charge in [0.1, 0.15) is 5.76 Å². The van der Waals surface area contributed by atoms with Crippen LogP contribution in [-0.2, 0) is 24.2 Å². The maximum Gasteiger partial charge on any atom is 0.373 e. The van der Waals surface area contributed by atoms with E-state index in [4.69, 9.17) is 4.42 Å². The lowest BCUT2D eigenvalue weighted by Gasteiger charge is -2.08. The highest BCUT2D eigenvalue weighted by molar-refractivity contribution is 5.86. The number of esters is 1. The van der Waals surface area contributed by atoms with Crippen LogP contribution >= 0.6 is 0 Å². The fourth-order valence-electron chi connectivity index (χ4n) is 2.08. The van der Waals surface area contributed by atoms with Gasteiger partial charge in [0, 0.05) is 6.54 Å². The third-order valence-corrected chi connectivity index (χ3v) is 3.16. The molecule has 0 aliphatic heterocycles. The van der Waals surface area contributed by atoms with E-state index in [9.17, 15) is 4.79 Å². The molecule has 2 aromatic rings. The van der Waals surface area contributed by atoms with Crippen LogP contribution in [0.1, 0.15) is 34.4 Å². The summed E-state index contributed by atoms with van der Waals surface area (Å²) in [6.07, 6.45) is 1.02. The van der Waals surface area contributed by atoms with Gasteiger partial charge in [-0.2, -0.15) is 0 Å². The van der Waals surface area contributed by atoms with Crippen molar-refractivity contribution in [2.75, 3.05) is 7.11 Å². The second kappa shape index (κ2) is 6.91. The van der Waals surface area contributed by atoms with E-state index in [1.165, 1.54) is 18.2 Å². The predicted molar refractivity (Wildman–Crippen MR) is 76.4 cm³/mol. The van der Waals surface area contributed by atoms with Gasteiger partial charge in [0.05, 0.1) is 13.7 Å². The number of hydrogen-bond acceptors (Lipinski definition) is 4. The Morgan fingerprint density at radius 2 is 1.90 bits per heavy atom. The number of methoxy groups -OCH3 is 1. The highest BCUT2D eigenvalue weighted by atomic mass is 16.5. The van der Waals surface area contributed by atoms with Crippen molar-refractivity contribution in [2.24, 2.45) is 0 Å². The third kappa shape index (κ3) is 3.48. The monoisotopic (exact) mass is 273 g/mol. The minimum atomic E-state index is -0.451. The first kappa shape index (κ1) is 14.3. The molecule has 0 saturated carbocycles. The molecule has 4 nitrogen and oxygen atoms in total. The molecule has 1 N–H and O–H groups in total. The summed E-state index contributed by atoms with van der Waals surface area (Å²) >= 11 is 0. The molecular formula is C16H19NO3. The first-order chi connectivity index (χ1) is 9.74. The van der Waals surface area contributed by atoms with Gasteiger partial charge >= 0.3 is 5.97 Å². The number of ether oxygens (including phenoxy) is 1. The van der Waals surface area contributed by atoms with E-state index in [0.29, 0.717) is 6.54 Å². The van der Waals surface area contributed by atoms with Crippen molar-refractivity contribution >= 4 is 5.97 Å². The molecule has 0 spiro atoms. The predicted octanol–water partition coefficient (Wildman–Crippen LogP) is 2.92. The highest BCUT2D eigenvalue weighted by Crippen LogP contribution is 2.11. The average molecular weight is 273 g/mol. The molecule has 0 atom stereocenters. The summed E-state index contributed by atoms with van der Waals surface area (Å²) in [5, 5.41) is 3.32. The van der Waals surface area contributed by atoms with Crippen LogP contribution in [0.4, 0.5) is 0 Å². The fourth-order valence-corrected chi connectivity index (χ4v) is 2.08. The number of benzene rings is 1. The van der Waals surface area contributed by atoms with E-state index < -0.39 is 5.97 Å². The minimum Gasteiger partial charge on any atom is -0.463 e. The lowest BCUT2D eigenvalue weighted by atomic mass is 10.1. The van der Waals surface area contributed by atoms with Crippen molar-refractivity contribution in [3.05, 3.63) is 59.0 Å². The summed E-state index contributed by atoms with van der Waals surface area (Å²) < 4.78 is 9.99. The largest absolute Gasteiger partial charge is 0.463 e. The van der Waals surface area contributed by atoms with Gasteiger partial charge in [0.25, 0.3) is 0 Å². The molecule has 1 aromatic heterocycles. The molecule has 0 unspecified atom stereocenters. The molecule has 106 valence electrons. The average Bonchev–Trinajstić information content (AvgIpc) is 2.96. The number of furan rings is 1. The molecule has 0 aliphatic carbocycles. The molecule has 0 fully saturated rings. The summed E-state index contributed by atoms with van der Waals surface area (Å²) in [5.41, 5.74) is 2.63. The zero-order valence-electron chi connectivity index (χ0n) is 11.8. The van der Waals surface area contributed by atoms with Crippen LogP contribution in [0, 0.1) is 0 Å². The summed E-state index contributed by atoms with van der Waals surface area (Å²) in [6.45, 7) is 3.50. The van der Waals surface area contributed by atoms with Crippen LogP contribution in [0.15, 0.2) is 40.8 Å². The van der Waals surface area contributed by atoms with Crippen LogP contribution in [0.2, 0.25) is 0 Å².